The molecule has 0 amide bonds. The number of methoxy groups -OCH3 is 1. The van der Waals surface area contributed by atoms with E-state index in [-0.39, 0.29) is 17.8 Å². The summed E-state index contributed by atoms with van der Waals surface area (Å²) in [6.07, 6.45) is 1.67. The van der Waals surface area contributed by atoms with E-state index in [0.29, 0.717) is 12.2 Å². The Morgan fingerprint density at radius 3 is 2.89 bits per heavy atom. The van der Waals surface area contributed by atoms with Crippen molar-refractivity contribution in [2.75, 3.05) is 25.1 Å². The molecule has 0 N–H and O–H groups in total. The number of carbonyl (C=O) groups excluding carboxylic acids is 1. The highest BCUT2D eigenvalue weighted by Gasteiger charge is 2.35. The van der Waals surface area contributed by atoms with Crippen LogP contribution in [0.2, 0.25) is 0 Å². The molecule has 1 fully saturated rings. The van der Waals surface area contributed by atoms with E-state index in [4.69, 9.17) is 10.00 Å². The van der Waals surface area contributed by atoms with Crippen molar-refractivity contribution in [3.63, 3.8) is 0 Å². The number of ether oxygens (including phenoxy) is 1. The van der Waals surface area contributed by atoms with Gasteiger partial charge in [-0.1, -0.05) is 6.92 Å². The van der Waals surface area contributed by atoms with Gasteiger partial charge in [0.1, 0.15) is 11.8 Å². The molecule has 0 spiro atoms. The number of nitriles is 1. The van der Waals surface area contributed by atoms with Gasteiger partial charge in [0.05, 0.1) is 24.9 Å². The normalized spacial score (nSPS) is 22.6. The lowest BCUT2D eigenvalue weighted by molar-refractivity contribution is -0.145. The first kappa shape index (κ1) is 12.4. The summed E-state index contributed by atoms with van der Waals surface area (Å²) in [7, 11) is 1.42. The van der Waals surface area contributed by atoms with Crippen LogP contribution in [0, 0.1) is 23.2 Å². The Bertz CT molecular complexity index is 478. The summed E-state index contributed by atoms with van der Waals surface area (Å²) in [4.78, 5) is 17.7. The molecule has 2 unspecified atom stereocenters. The zero-order valence-corrected chi connectivity index (χ0v) is 10.5. The van der Waals surface area contributed by atoms with Crippen molar-refractivity contribution in [1.29, 1.82) is 5.26 Å². The monoisotopic (exact) mass is 245 g/mol. The first-order valence-corrected chi connectivity index (χ1v) is 5.84. The van der Waals surface area contributed by atoms with Crippen LogP contribution in [-0.2, 0) is 9.53 Å². The molecule has 1 aliphatic rings. The predicted octanol–water partition coefficient (Wildman–Crippen LogP) is 1.20. The maximum Gasteiger partial charge on any atom is 0.310 e. The van der Waals surface area contributed by atoms with Crippen LogP contribution in [0.15, 0.2) is 18.3 Å². The number of aromatic nitrogens is 1. The van der Waals surface area contributed by atoms with Gasteiger partial charge in [0, 0.05) is 13.1 Å². The molecule has 2 rings (SSSR count). The lowest BCUT2D eigenvalue weighted by Gasteiger charge is -2.17. The minimum atomic E-state index is -0.161. The maximum atomic E-state index is 11.6. The zero-order valence-electron chi connectivity index (χ0n) is 10.5. The number of anilines is 1. The van der Waals surface area contributed by atoms with Crippen molar-refractivity contribution in [2.24, 2.45) is 11.8 Å². The third-order valence-corrected chi connectivity index (χ3v) is 3.34. The Hall–Kier alpha value is -2.09. The lowest BCUT2D eigenvalue weighted by Crippen LogP contribution is -2.24. The third-order valence-electron chi connectivity index (χ3n) is 3.34. The molecule has 2 atom stereocenters. The molecule has 1 aromatic heterocycles. The fourth-order valence-corrected chi connectivity index (χ4v) is 2.28. The van der Waals surface area contributed by atoms with Gasteiger partial charge >= 0.3 is 5.97 Å². The highest BCUT2D eigenvalue weighted by atomic mass is 16.5. The topological polar surface area (TPSA) is 66.2 Å². The van der Waals surface area contributed by atoms with Crippen LogP contribution in [0.5, 0.6) is 0 Å². The molecule has 0 saturated carbocycles. The van der Waals surface area contributed by atoms with E-state index in [9.17, 15) is 4.79 Å². The Morgan fingerprint density at radius 1 is 1.56 bits per heavy atom. The molecular weight excluding hydrogens is 230 g/mol. The summed E-state index contributed by atoms with van der Waals surface area (Å²) < 4.78 is 4.80. The minimum Gasteiger partial charge on any atom is -0.469 e. The summed E-state index contributed by atoms with van der Waals surface area (Å²) in [5, 5.41) is 8.70. The minimum absolute atomic E-state index is 0.0920. The summed E-state index contributed by atoms with van der Waals surface area (Å²) in [5.41, 5.74) is 1.34. The molecule has 1 saturated heterocycles. The van der Waals surface area contributed by atoms with E-state index in [2.05, 4.69) is 9.88 Å². The smallest absolute Gasteiger partial charge is 0.310 e. The van der Waals surface area contributed by atoms with Crippen molar-refractivity contribution >= 4 is 11.7 Å². The van der Waals surface area contributed by atoms with E-state index in [1.165, 1.54) is 7.11 Å². The number of pyridine rings is 1. The van der Waals surface area contributed by atoms with Gasteiger partial charge in [-0.3, -0.25) is 4.79 Å². The molecule has 5 heteroatoms. The number of nitrogens with zero attached hydrogens (tertiary/aromatic N) is 3. The average Bonchev–Trinajstić information content (AvgIpc) is 2.80. The molecule has 0 bridgehead atoms. The summed E-state index contributed by atoms with van der Waals surface area (Å²) in [6, 6.07) is 5.53. The van der Waals surface area contributed by atoms with Crippen molar-refractivity contribution < 1.29 is 9.53 Å². The third kappa shape index (κ3) is 2.28. The van der Waals surface area contributed by atoms with Gasteiger partial charge in [0.15, 0.2) is 0 Å². The zero-order chi connectivity index (χ0) is 13.1. The van der Waals surface area contributed by atoms with Gasteiger partial charge in [0.25, 0.3) is 0 Å². The van der Waals surface area contributed by atoms with E-state index in [1.807, 2.05) is 19.1 Å². The van der Waals surface area contributed by atoms with E-state index < -0.39 is 0 Å². The predicted molar refractivity (Wildman–Crippen MR) is 65.8 cm³/mol. The molecular formula is C13H15N3O2. The van der Waals surface area contributed by atoms with Gasteiger partial charge in [-0.2, -0.15) is 5.26 Å². The second-order valence-electron chi connectivity index (χ2n) is 4.53. The van der Waals surface area contributed by atoms with Gasteiger partial charge in [-0.15, -0.1) is 0 Å². The number of hydrogen-bond acceptors (Lipinski definition) is 5. The summed E-state index contributed by atoms with van der Waals surface area (Å²) in [6.45, 7) is 3.48. The number of carbonyl (C=O) groups is 1. The molecule has 0 aromatic carbocycles. The van der Waals surface area contributed by atoms with Crippen LogP contribution in [-0.4, -0.2) is 31.2 Å². The Kier molecular flexibility index (Phi) is 3.47. The van der Waals surface area contributed by atoms with Crippen LogP contribution < -0.4 is 4.90 Å². The number of rotatable bonds is 2. The molecule has 2 heterocycles. The maximum absolute atomic E-state index is 11.6. The summed E-state index contributed by atoms with van der Waals surface area (Å²) in [5.74, 6) is 0.00495. The van der Waals surface area contributed by atoms with Crippen molar-refractivity contribution in [2.45, 2.75) is 6.92 Å². The molecule has 18 heavy (non-hydrogen) atoms. The molecule has 1 aromatic rings. The summed E-state index contributed by atoms with van der Waals surface area (Å²) >= 11 is 0. The van der Waals surface area contributed by atoms with Crippen LogP contribution in [0.25, 0.3) is 0 Å². The second kappa shape index (κ2) is 5.05. The number of esters is 1. The number of hydrogen-bond donors (Lipinski definition) is 0. The van der Waals surface area contributed by atoms with Crippen molar-refractivity contribution in [1.82, 2.24) is 4.98 Å². The highest BCUT2D eigenvalue weighted by Crippen LogP contribution is 2.28. The Labute approximate surface area is 106 Å². The standard InChI is InChI=1S/C13H15N3O2/c1-9-7-16(8-12(9)13(17)18-2)11-4-3-10(5-14)15-6-11/h3-4,6,9,12H,7-8H2,1-2H3. The van der Waals surface area contributed by atoms with Crippen LogP contribution in [0.1, 0.15) is 12.6 Å². The quantitative estimate of drug-likeness (QED) is 0.732. The van der Waals surface area contributed by atoms with Crippen molar-refractivity contribution in [3.8, 4) is 6.07 Å². The Morgan fingerprint density at radius 2 is 2.33 bits per heavy atom. The van der Waals surface area contributed by atoms with Gasteiger partial charge < -0.3 is 9.64 Å². The average molecular weight is 245 g/mol. The lowest BCUT2D eigenvalue weighted by atomic mass is 9.99. The fraction of sp³-hybridized carbons (Fsp3) is 0.462. The SMILES string of the molecule is COC(=O)C1CN(c2ccc(C#N)nc2)CC1C. The first-order valence-electron chi connectivity index (χ1n) is 5.84. The molecule has 1 aliphatic heterocycles. The van der Waals surface area contributed by atoms with Crippen LogP contribution >= 0.6 is 0 Å². The second-order valence-corrected chi connectivity index (χ2v) is 4.53. The Balaban J connectivity index is 2.12. The fourth-order valence-electron chi connectivity index (χ4n) is 2.28. The van der Waals surface area contributed by atoms with Gasteiger partial charge in [-0.05, 0) is 18.1 Å². The van der Waals surface area contributed by atoms with Crippen molar-refractivity contribution in [3.05, 3.63) is 24.0 Å². The molecule has 5 nitrogen and oxygen atoms in total. The largest absolute Gasteiger partial charge is 0.469 e. The molecule has 0 radical (unpaired) electrons. The van der Waals surface area contributed by atoms with Gasteiger partial charge in [-0.25, -0.2) is 4.98 Å². The van der Waals surface area contributed by atoms with E-state index >= 15 is 0 Å². The van der Waals surface area contributed by atoms with E-state index in [1.54, 1.807) is 12.3 Å². The van der Waals surface area contributed by atoms with Crippen LogP contribution in [0.4, 0.5) is 5.69 Å². The molecule has 0 aliphatic carbocycles. The molecule has 94 valence electrons. The first-order chi connectivity index (χ1) is 8.65. The van der Waals surface area contributed by atoms with Crippen LogP contribution in [0.3, 0.4) is 0 Å². The highest BCUT2D eigenvalue weighted by molar-refractivity contribution is 5.74. The van der Waals surface area contributed by atoms with Gasteiger partial charge in [0.2, 0.25) is 0 Å². The van der Waals surface area contributed by atoms with E-state index in [0.717, 1.165) is 12.2 Å².